The molecule has 1 heterocycles. The van der Waals surface area contributed by atoms with Crippen LogP contribution < -0.4 is 16.0 Å². The third kappa shape index (κ3) is 4.16. The van der Waals surface area contributed by atoms with Crippen LogP contribution in [0, 0.1) is 0 Å². The van der Waals surface area contributed by atoms with Gasteiger partial charge in [-0.25, -0.2) is 4.79 Å². The fourth-order valence-corrected chi connectivity index (χ4v) is 2.60. The minimum atomic E-state index is -0.259. The van der Waals surface area contributed by atoms with Gasteiger partial charge in [0.15, 0.2) is 0 Å². The van der Waals surface area contributed by atoms with Crippen LogP contribution in [-0.2, 0) is 11.3 Å². The average molecular weight is 293 g/mol. The van der Waals surface area contributed by atoms with E-state index in [1.807, 2.05) is 39.0 Å². The number of rotatable bonds is 2. The van der Waals surface area contributed by atoms with Gasteiger partial charge in [-0.2, -0.15) is 0 Å². The number of carbonyl (C=O) groups excluding carboxylic acids is 2. The molecule has 0 saturated heterocycles. The first-order valence-corrected chi connectivity index (χ1v) is 7.44. The Hall–Kier alpha value is -1.69. The van der Waals surface area contributed by atoms with E-state index in [0.717, 1.165) is 16.1 Å². The SMILES string of the molecule is CC(C)(C)NC(=O)NCc1ccc2c(c1)NC(=O)CS2. The predicted molar refractivity (Wildman–Crippen MR) is 80.9 cm³/mol. The van der Waals surface area contributed by atoms with E-state index < -0.39 is 0 Å². The Morgan fingerprint density at radius 3 is 2.85 bits per heavy atom. The Balaban J connectivity index is 1.96. The van der Waals surface area contributed by atoms with Gasteiger partial charge in [0.25, 0.3) is 0 Å². The van der Waals surface area contributed by atoms with E-state index in [4.69, 9.17) is 0 Å². The third-order valence-corrected chi connectivity index (χ3v) is 3.69. The summed E-state index contributed by atoms with van der Waals surface area (Å²) in [6.07, 6.45) is 0. The minimum Gasteiger partial charge on any atom is -0.334 e. The summed E-state index contributed by atoms with van der Waals surface area (Å²) in [5.41, 5.74) is 1.52. The number of hydrogen-bond acceptors (Lipinski definition) is 3. The second kappa shape index (κ2) is 5.75. The molecule has 0 spiro atoms. The summed E-state index contributed by atoms with van der Waals surface area (Å²) in [5.74, 6) is 0.469. The predicted octanol–water partition coefficient (Wildman–Crippen LogP) is 2.33. The van der Waals surface area contributed by atoms with Crippen molar-refractivity contribution < 1.29 is 9.59 Å². The molecule has 2 rings (SSSR count). The molecule has 20 heavy (non-hydrogen) atoms. The summed E-state index contributed by atoms with van der Waals surface area (Å²) in [6, 6.07) is 5.63. The molecule has 0 fully saturated rings. The van der Waals surface area contributed by atoms with Crippen molar-refractivity contribution in [2.75, 3.05) is 11.1 Å². The van der Waals surface area contributed by atoms with Crippen molar-refractivity contribution >= 4 is 29.4 Å². The molecule has 1 aromatic rings. The van der Waals surface area contributed by atoms with Crippen molar-refractivity contribution in [1.82, 2.24) is 10.6 Å². The van der Waals surface area contributed by atoms with Crippen LogP contribution in [0.25, 0.3) is 0 Å². The number of urea groups is 1. The highest BCUT2D eigenvalue weighted by Gasteiger charge is 2.16. The molecule has 3 N–H and O–H groups in total. The van der Waals surface area contributed by atoms with E-state index >= 15 is 0 Å². The topological polar surface area (TPSA) is 70.2 Å². The average Bonchev–Trinajstić information content (AvgIpc) is 2.33. The Morgan fingerprint density at radius 1 is 1.40 bits per heavy atom. The van der Waals surface area contributed by atoms with Gasteiger partial charge in [-0.05, 0) is 38.5 Å². The van der Waals surface area contributed by atoms with Crippen molar-refractivity contribution in [3.8, 4) is 0 Å². The van der Waals surface area contributed by atoms with Crippen molar-refractivity contribution in [3.05, 3.63) is 23.8 Å². The van der Waals surface area contributed by atoms with Crippen LogP contribution in [-0.4, -0.2) is 23.2 Å². The maximum Gasteiger partial charge on any atom is 0.315 e. The molecule has 108 valence electrons. The first-order chi connectivity index (χ1) is 9.33. The molecule has 1 aliphatic heterocycles. The van der Waals surface area contributed by atoms with E-state index in [1.54, 1.807) is 0 Å². The van der Waals surface area contributed by atoms with Crippen LogP contribution in [0.5, 0.6) is 0 Å². The summed E-state index contributed by atoms with van der Waals surface area (Å²) < 4.78 is 0. The highest BCUT2D eigenvalue weighted by Crippen LogP contribution is 2.31. The van der Waals surface area contributed by atoms with Crippen molar-refractivity contribution in [2.24, 2.45) is 0 Å². The molecule has 3 amide bonds. The van der Waals surface area contributed by atoms with Gasteiger partial charge < -0.3 is 16.0 Å². The minimum absolute atomic E-state index is 0.0121. The zero-order valence-corrected chi connectivity index (χ0v) is 12.7. The quantitative estimate of drug-likeness (QED) is 0.784. The zero-order chi connectivity index (χ0) is 14.8. The molecule has 0 unspecified atom stereocenters. The standard InChI is InChI=1S/C14H19N3O2S/c1-14(2,3)17-13(19)15-7-9-4-5-11-10(6-9)16-12(18)8-20-11/h4-6H,7-8H2,1-3H3,(H,16,18)(H2,15,17,19). The molecule has 6 heteroatoms. The largest absolute Gasteiger partial charge is 0.334 e. The number of nitrogens with one attached hydrogen (secondary N) is 3. The normalized spacial score (nSPS) is 14.2. The number of fused-ring (bicyclic) bond motifs is 1. The summed E-state index contributed by atoms with van der Waals surface area (Å²) in [4.78, 5) is 24.1. The highest BCUT2D eigenvalue weighted by atomic mass is 32.2. The van der Waals surface area contributed by atoms with Crippen molar-refractivity contribution in [2.45, 2.75) is 37.8 Å². The zero-order valence-electron chi connectivity index (χ0n) is 11.9. The summed E-state index contributed by atoms with van der Waals surface area (Å²) in [6.45, 7) is 6.21. The summed E-state index contributed by atoms with van der Waals surface area (Å²) in [7, 11) is 0. The van der Waals surface area contributed by atoms with E-state index in [2.05, 4.69) is 16.0 Å². The lowest BCUT2D eigenvalue weighted by molar-refractivity contribution is -0.113. The molecule has 0 saturated carbocycles. The lowest BCUT2D eigenvalue weighted by Crippen LogP contribution is -2.46. The van der Waals surface area contributed by atoms with Gasteiger partial charge >= 0.3 is 6.03 Å². The Morgan fingerprint density at radius 2 is 2.15 bits per heavy atom. The third-order valence-electron chi connectivity index (χ3n) is 2.62. The Kier molecular flexibility index (Phi) is 4.23. The first-order valence-electron chi connectivity index (χ1n) is 6.45. The smallest absolute Gasteiger partial charge is 0.315 e. The molecule has 1 aromatic carbocycles. The molecule has 0 aromatic heterocycles. The lowest BCUT2D eigenvalue weighted by atomic mass is 10.1. The molecule has 0 radical (unpaired) electrons. The Labute approximate surface area is 122 Å². The van der Waals surface area contributed by atoms with Crippen molar-refractivity contribution in [1.29, 1.82) is 0 Å². The number of thioether (sulfide) groups is 1. The van der Waals surface area contributed by atoms with E-state index in [-0.39, 0.29) is 17.5 Å². The van der Waals surface area contributed by atoms with Crippen LogP contribution in [0.15, 0.2) is 23.1 Å². The molecular formula is C14H19N3O2S. The Bertz CT molecular complexity index is 538. The number of carbonyl (C=O) groups is 2. The molecule has 5 nitrogen and oxygen atoms in total. The number of amides is 3. The number of hydrogen-bond donors (Lipinski definition) is 3. The fourth-order valence-electron chi connectivity index (χ4n) is 1.81. The van der Waals surface area contributed by atoms with Crippen LogP contribution in [0.4, 0.5) is 10.5 Å². The molecule has 0 aliphatic carbocycles. The lowest BCUT2D eigenvalue weighted by Gasteiger charge is -2.21. The fraction of sp³-hybridized carbons (Fsp3) is 0.429. The maximum atomic E-state index is 11.7. The summed E-state index contributed by atoms with van der Waals surface area (Å²) >= 11 is 1.53. The van der Waals surface area contributed by atoms with E-state index in [9.17, 15) is 9.59 Å². The molecule has 0 atom stereocenters. The first kappa shape index (κ1) is 14.7. The molecular weight excluding hydrogens is 274 g/mol. The van der Waals surface area contributed by atoms with Gasteiger partial charge in [-0.3, -0.25) is 4.79 Å². The van der Waals surface area contributed by atoms with Crippen molar-refractivity contribution in [3.63, 3.8) is 0 Å². The highest BCUT2D eigenvalue weighted by molar-refractivity contribution is 8.00. The number of benzene rings is 1. The second-order valence-corrected chi connectivity index (χ2v) is 6.74. The van der Waals surface area contributed by atoms with Gasteiger partial charge in [-0.15, -0.1) is 11.8 Å². The monoisotopic (exact) mass is 293 g/mol. The van der Waals surface area contributed by atoms with Gasteiger partial charge in [-0.1, -0.05) is 6.07 Å². The van der Waals surface area contributed by atoms with Crippen LogP contribution >= 0.6 is 11.8 Å². The van der Waals surface area contributed by atoms with E-state index in [0.29, 0.717) is 12.3 Å². The van der Waals surface area contributed by atoms with Gasteiger partial charge in [0.05, 0.1) is 11.4 Å². The second-order valence-electron chi connectivity index (χ2n) is 5.73. The number of anilines is 1. The van der Waals surface area contributed by atoms with Crippen LogP contribution in [0.2, 0.25) is 0 Å². The molecule has 1 aliphatic rings. The van der Waals surface area contributed by atoms with Gasteiger partial charge in [0, 0.05) is 17.0 Å². The van der Waals surface area contributed by atoms with Crippen LogP contribution in [0.3, 0.4) is 0 Å². The van der Waals surface area contributed by atoms with Crippen LogP contribution in [0.1, 0.15) is 26.3 Å². The maximum absolute atomic E-state index is 11.7. The van der Waals surface area contributed by atoms with Gasteiger partial charge in [0.2, 0.25) is 5.91 Å². The molecule has 0 bridgehead atoms. The van der Waals surface area contributed by atoms with Gasteiger partial charge in [0.1, 0.15) is 0 Å². The van der Waals surface area contributed by atoms with E-state index in [1.165, 1.54) is 11.8 Å². The summed E-state index contributed by atoms with van der Waals surface area (Å²) in [5, 5.41) is 8.48.